The number of benzene rings is 1. The van der Waals surface area contributed by atoms with Gasteiger partial charge in [-0.25, -0.2) is 0 Å². The van der Waals surface area contributed by atoms with E-state index >= 15 is 0 Å². The Hall–Kier alpha value is -2.36. The van der Waals surface area contributed by atoms with Gasteiger partial charge in [-0.05, 0) is 36.8 Å². The van der Waals surface area contributed by atoms with Gasteiger partial charge in [0.25, 0.3) is 0 Å². The predicted molar refractivity (Wildman–Crippen MR) is 73.2 cm³/mol. The van der Waals surface area contributed by atoms with Crippen LogP contribution in [0.3, 0.4) is 0 Å². The van der Waals surface area contributed by atoms with Gasteiger partial charge in [0.2, 0.25) is 5.91 Å². The molecule has 1 heterocycles. The molecule has 0 saturated heterocycles. The normalized spacial score (nSPS) is 10.2. The molecule has 0 aliphatic heterocycles. The van der Waals surface area contributed by atoms with Gasteiger partial charge in [0.15, 0.2) is 12.0 Å². The van der Waals surface area contributed by atoms with Crippen LogP contribution in [0.25, 0.3) is 11.3 Å². The van der Waals surface area contributed by atoms with Crippen LogP contribution < -0.4 is 5.32 Å². The summed E-state index contributed by atoms with van der Waals surface area (Å²) in [6.07, 6.45) is 1.10. The second-order valence-corrected chi connectivity index (χ2v) is 4.25. The fraction of sp³-hybridized carbons (Fsp3) is 0.200. The van der Waals surface area contributed by atoms with Crippen LogP contribution in [0.4, 0.5) is 5.69 Å². The minimum Gasteiger partial charge on any atom is -0.453 e. The van der Waals surface area contributed by atoms with Crippen molar-refractivity contribution >= 4 is 17.9 Å². The van der Waals surface area contributed by atoms with Crippen molar-refractivity contribution in [3.8, 4) is 11.3 Å². The predicted octanol–water partition coefficient (Wildman–Crippen LogP) is 3.42. The first-order chi connectivity index (χ1) is 9.13. The fourth-order valence-corrected chi connectivity index (χ4v) is 1.78. The Morgan fingerprint density at radius 3 is 2.74 bits per heavy atom. The third kappa shape index (κ3) is 2.91. The summed E-state index contributed by atoms with van der Waals surface area (Å²) < 4.78 is 5.41. The maximum absolute atomic E-state index is 11.4. The number of hydrogen-bond donors (Lipinski definition) is 1. The second kappa shape index (κ2) is 5.52. The molecule has 4 nitrogen and oxygen atoms in total. The highest BCUT2D eigenvalue weighted by molar-refractivity contribution is 5.91. The van der Waals surface area contributed by atoms with E-state index in [4.69, 9.17) is 4.42 Å². The van der Waals surface area contributed by atoms with Crippen LogP contribution in [0.5, 0.6) is 0 Å². The van der Waals surface area contributed by atoms with Crippen molar-refractivity contribution in [3.63, 3.8) is 0 Å². The van der Waals surface area contributed by atoms with Crippen molar-refractivity contribution < 1.29 is 14.0 Å². The van der Waals surface area contributed by atoms with Gasteiger partial charge in [0.05, 0.1) is 0 Å². The lowest BCUT2D eigenvalue weighted by molar-refractivity contribution is -0.115. The fourth-order valence-electron chi connectivity index (χ4n) is 1.78. The van der Waals surface area contributed by atoms with Crippen molar-refractivity contribution in [1.29, 1.82) is 0 Å². The van der Waals surface area contributed by atoms with E-state index in [1.54, 1.807) is 19.1 Å². The minimum atomic E-state index is -0.0390. The average Bonchev–Trinajstić information content (AvgIpc) is 2.89. The lowest BCUT2D eigenvalue weighted by Crippen LogP contribution is -2.09. The summed E-state index contributed by atoms with van der Waals surface area (Å²) in [5.74, 6) is 0.868. The maximum Gasteiger partial charge on any atom is 0.224 e. The molecule has 0 saturated carbocycles. The van der Waals surface area contributed by atoms with Crippen molar-refractivity contribution in [2.45, 2.75) is 20.3 Å². The molecule has 19 heavy (non-hydrogen) atoms. The zero-order chi connectivity index (χ0) is 13.8. The van der Waals surface area contributed by atoms with Crippen molar-refractivity contribution in [2.75, 3.05) is 5.32 Å². The van der Waals surface area contributed by atoms with Gasteiger partial charge in [-0.3, -0.25) is 9.59 Å². The zero-order valence-electron chi connectivity index (χ0n) is 10.9. The maximum atomic E-state index is 11.4. The standard InChI is InChI=1S/C15H15NO3/c1-3-15(18)16-11-5-4-10(2)13(8-11)14-7-6-12(9-17)19-14/h4-9H,3H2,1-2H3,(H,16,18). The molecular weight excluding hydrogens is 242 g/mol. The molecule has 0 fully saturated rings. The molecule has 0 spiro atoms. The number of carbonyl (C=O) groups is 2. The Morgan fingerprint density at radius 1 is 1.32 bits per heavy atom. The van der Waals surface area contributed by atoms with Crippen LogP contribution in [-0.2, 0) is 4.79 Å². The van der Waals surface area contributed by atoms with Gasteiger partial charge in [-0.2, -0.15) is 0 Å². The van der Waals surface area contributed by atoms with Crippen LogP contribution in [-0.4, -0.2) is 12.2 Å². The molecule has 0 bridgehead atoms. The first kappa shape index (κ1) is 13.1. The monoisotopic (exact) mass is 257 g/mol. The van der Waals surface area contributed by atoms with Gasteiger partial charge in [-0.15, -0.1) is 0 Å². The highest BCUT2D eigenvalue weighted by Gasteiger charge is 2.09. The molecule has 1 aromatic carbocycles. The Balaban J connectivity index is 2.36. The van der Waals surface area contributed by atoms with Gasteiger partial charge >= 0.3 is 0 Å². The minimum absolute atomic E-state index is 0.0390. The van der Waals surface area contributed by atoms with Crippen LogP contribution in [0.1, 0.15) is 29.5 Å². The van der Waals surface area contributed by atoms with E-state index in [2.05, 4.69) is 5.32 Å². The molecule has 1 amide bonds. The van der Waals surface area contributed by atoms with Crippen LogP contribution in [0.2, 0.25) is 0 Å². The first-order valence-corrected chi connectivity index (χ1v) is 6.10. The third-order valence-electron chi connectivity index (χ3n) is 2.85. The first-order valence-electron chi connectivity index (χ1n) is 6.10. The summed E-state index contributed by atoms with van der Waals surface area (Å²) in [6, 6.07) is 8.96. The molecule has 0 atom stereocenters. The number of carbonyl (C=O) groups excluding carboxylic acids is 2. The number of rotatable bonds is 4. The van der Waals surface area contributed by atoms with E-state index in [-0.39, 0.29) is 11.7 Å². The van der Waals surface area contributed by atoms with E-state index in [1.165, 1.54) is 0 Å². The Kier molecular flexibility index (Phi) is 3.80. The molecule has 2 aromatic rings. The lowest BCUT2D eigenvalue weighted by Gasteiger charge is -2.08. The van der Waals surface area contributed by atoms with Crippen molar-refractivity contribution in [2.24, 2.45) is 0 Å². The molecule has 1 aromatic heterocycles. The van der Waals surface area contributed by atoms with Gasteiger partial charge in [0, 0.05) is 17.7 Å². The Morgan fingerprint density at radius 2 is 2.11 bits per heavy atom. The molecule has 1 N–H and O–H groups in total. The van der Waals surface area contributed by atoms with Gasteiger partial charge < -0.3 is 9.73 Å². The molecule has 2 rings (SSSR count). The number of hydrogen-bond acceptors (Lipinski definition) is 3. The summed E-state index contributed by atoms with van der Waals surface area (Å²) in [5.41, 5.74) is 2.60. The average molecular weight is 257 g/mol. The van der Waals surface area contributed by atoms with Crippen LogP contribution in [0.15, 0.2) is 34.7 Å². The summed E-state index contributed by atoms with van der Waals surface area (Å²) in [7, 11) is 0. The van der Waals surface area contributed by atoms with E-state index in [1.807, 2.05) is 25.1 Å². The number of aldehydes is 1. The topological polar surface area (TPSA) is 59.3 Å². The molecule has 0 aliphatic carbocycles. The summed E-state index contributed by atoms with van der Waals surface area (Å²) in [4.78, 5) is 22.0. The summed E-state index contributed by atoms with van der Waals surface area (Å²) in [6.45, 7) is 3.75. The SMILES string of the molecule is CCC(=O)Nc1ccc(C)c(-c2ccc(C=O)o2)c1. The number of amides is 1. The number of furan rings is 1. The van der Waals surface area contributed by atoms with E-state index < -0.39 is 0 Å². The number of nitrogens with one attached hydrogen (secondary N) is 1. The van der Waals surface area contributed by atoms with Crippen molar-refractivity contribution in [3.05, 3.63) is 41.7 Å². The lowest BCUT2D eigenvalue weighted by atomic mass is 10.1. The summed E-state index contributed by atoms with van der Waals surface area (Å²) >= 11 is 0. The molecule has 98 valence electrons. The summed E-state index contributed by atoms with van der Waals surface area (Å²) in [5, 5.41) is 2.80. The molecular formula is C15H15NO3. The van der Waals surface area contributed by atoms with Gasteiger partial charge in [0.1, 0.15) is 5.76 Å². The number of aryl methyl sites for hydroxylation is 1. The smallest absolute Gasteiger partial charge is 0.224 e. The van der Waals surface area contributed by atoms with Crippen LogP contribution >= 0.6 is 0 Å². The van der Waals surface area contributed by atoms with Crippen LogP contribution in [0, 0.1) is 6.92 Å². The highest BCUT2D eigenvalue weighted by atomic mass is 16.3. The number of anilines is 1. The zero-order valence-corrected chi connectivity index (χ0v) is 10.9. The third-order valence-corrected chi connectivity index (χ3v) is 2.85. The molecule has 0 unspecified atom stereocenters. The van der Waals surface area contributed by atoms with Crippen molar-refractivity contribution in [1.82, 2.24) is 0 Å². The highest BCUT2D eigenvalue weighted by Crippen LogP contribution is 2.28. The molecule has 0 radical (unpaired) electrons. The Labute approximate surface area is 111 Å². The second-order valence-electron chi connectivity index (χ2n) is 4.25. The Bertz CT molecular complexity index is 614. The van der Waals surface area contributed by atoms with E-state index in [9.17, 15) is 9.59 Å². The quantitative estimate of drug-likeness (QED) is 0.854. The molecule has 0 aliphatic rings. The van der Waals surface area contributed by atoms with E-state index in [0.29, 0.717) is 18.5 Å². The molecule has 4 heteroatoms. The van der Waals surface area contributed by atoms with E-state index in [0.717, 1.165) is 16.8 Å². The largest absolute Gasteiger partial charge is 0.453 e. The van der Waals surface area contributed by atoms with Gasteiger partial charge in [-0.1, -0.05) is 13.0 Å².